The largest absolute Gasteiger partial charge is 0.352 e. The van der Waals surface area contributed by atoms with Gasteiger partial charge in [0.15, 0.2) is 0 Å². The van der Waals surface area contributed by atoms with Crippen molar-refractivity contribution in [2.24, 2.45) is 9.98 Å². The summed E-state index contributed by atoms with van der Waals surface area (Å²) in [5.41, 5.74) is 0. The number of aliphatic imine (C=N–C) groups is 2. The Hall–Kier alpha value is -1.26. The lowest BCUT2D eigenvalue weighted by Crippen LogP contribution is -2.39. The van der Waals surface area contributed by atoms with Crippen LogP contribution in [-0.2, 0) is 0 Å². The number of rotatable bonds is 4. The van der Waals surface area contributed by atoms with Crippen LogP contribution in [0, 0.1) is 0 Å². The third-order valence-electron chi connectivity index (χ3n) is 2.93. The van der Waals surface area contributed by atoms with E-state index in [1.165, 1.54) is 0 Å². The maximum Gasteiger partial charge on any atom is 0.221 e. The minimum absolute atomic E-state index is 0.279. The van der Waals surface area contributed by atoms with Gasteiger partial charge in [-0.05, 0) is 26.7 Å². The molecule has 0 aromatic heterocycles. The minimum atomic E-state index is 0.279. The summed E-state index contributed by atoms with van der Waals surface area (Å²) >= 11 is 0. The van der Waals surface area contributed by atoms with Crippen molar-refractivity contribution < 1.29 is 0 Å². The van der Waals surface area contributed by atoms with Gasteiger partial charge in [-0.2, -0.15) is 4.99 Å². The average molecular weight is 269 g/mol. The third-order valence-corrected chi connectivity index (χ3v) is 2.93. The van der Waals surface area contributed by atoms with Gasteiger partial charge in [-0.1, -0.05) is 13.8 Å². The van der Waals surface area contributed by atoms with Gasteiger partial charge in [-0.25, -0.2) is 4.99 Å². The van der Waals surface area contributed by atoms with Gasteiger partial charge < -0.3 is 15.1 Å². The highest BCUT2D eigenvalue weighted by Crippen LogP contribution is 1.99. The monoisotopic (exact) mass is 269 g/mol. The zero-order valence-electron chi connectivity index (χ0n) is 13.9. The summed E-state index contributed by atoms with van der Waals surface area (Å²) in [6, 6.07) is 0.651. The first-order valence-corrected chi connectivity index (χ1v) is 7.09. The van der Waals surface area contributed by atoms with Gasteiger partial charge >= 0.3 is 0 Å². The van der Waals surface area contributed by atoms with E-state index < -0.39 is 0 Å². The van der Waals surface area contributed by atoms with Gasteiger partial charge in [0.2, 0.25) is 11.9 Å². The summed E-state index contributed by atoms with van der Waals surface area (Å²) < 4.78 is 0. The zero-order chi connectivity index (χ0) is 15.0. The van der Waals surface area contributed by atoms with Gasteiger partial charge in [0.05, 0.1) is 6.04 Å². The lowest BCUT2D eigenvalue weighted by atomic mass is 10.2. The Morgan fingerprint density at radius 3 is 1.89 bits per heavy atom. The van der Waals surface area contributed by atoms with Gasteiger partial charge in [-0.3, -0.25) is 0 Å². The van der Waals surface area contributed by atoms with Crippen LogP contribution in [0.5, 0.6) is 0 Å². The Labute approximate surface area is 118 Å². The number of guanidine groups is 2. The molecule has 2 atom stereocenters. The topological polar surface area (TPSA) is 43.2 Å². The van der Waals surface area contributed by atoms with E-state index in [1.54, 1.807) is 0 Å². The van der Waals surface area contributed by atoms with Crippen molar-refractivity contribution in [3.05, 3.63) is 0 Å². The molecule has 2 unspecified atom stereocenters. The number of hydrogen-bond acceptors (Lipinski definition) is 1. The summed E-state index contributed by atoms with van der Waals surface area (Å²) in [6.45, 7) is 8.55. The molecule has 0 fully saturated rings. The van der Waals surface area contributed by atoms with Crippen molar-refractivity contribution in [1.82, 2.24) is 15.1 Å². The van der Waals surface area contributed by atoms with Crippen molar-refractivity contribution in [3.63, 3.8) is 0 Å². The van der Waals surface area contributed by atoms with Crippen LogP contribution in [0.15, 0.2) is 9.98 Å². The van der Waals surface area contributed by atoms with E-state index in [-0.39, 0.29) is 6.04 Å². The van der Waals surface area contributed by atoms with Crippen LogP contribution in [0.3, 0.4) is 0 Å². The summed E-state index contributed by atoms with van der Waals surface area (Å²) in [5, 5.41) is 3.38. The molecule has 0 aromatic rings. The predicted molar refractivity (Wildman–Crippen MR) is 84.9 cm³/mol. The molecule has 0 saturated carbocycles. The van der Waals surface area contributed by atoms with E-state index in [9.17, 15) is 0 Å². The molecule has 0 aliphatic carbocycles. The average Bonchev–Trinajstić information content (AvgIpc) is 2.34. The fourth-order valence-corrected chi connectivity index (χ4v) is 1.42. The first-order valence-electron chi connectivity index (χ1n) is 7.09. The molecular formula is C14H31N5. The van der Waals surface area contributed by atoms with Crippen LogP contribution in [0.25, 0.3) is 0 Å². The Morgan fingerprint density at radius 2 is 1.53 bits per heavy atom. The number of hydrogen-bond donors (Lipinski definition) is 1. The molecule has 19 heavy (non-hydrogen) atoms. The quantitative estimate of drug-likeness (QED) is 0.627. The molecule has 112 valence electrons. The number of nitrogens with one attached hydrogen (secondary N) is 1. The summed E-state index contributed by atoms with van der Waals surface area (Å²) in [6.07, 6.45) is 2.06. The first-order chi connectivity index (χ1) is 8.81. The summed E-state index contributed by atoms with van der Waals surface area (Å²) in [5.74, 6) is 1.61. The number of nitrogens with zero attached hydrogens (tertiary/aromatic N) is 4. The predicted octanol–water partition coefficient (Wildman–Crippen LogP) is 2.01. The Balaban J connectivity index is 5.22. The van der Waals surface area contributed by atoms with E-state index in [1.807, 2.05) is 38.0 Å². The third kappa shape index (κ3) is 7.03. The second-order valence-corrected chi connectivity index (χ2v) is 5.36. The van der Waals surface area contributed by atoms with Gasteiger partial charge in [0, 0.05) is 34.2 Å². The highest BCUT2D eigenvalue weighted by molar-refractivity contribution is 5.94. The Kier molecular flexibility index (Phi) is 8.19. The van der Waals surface area contributed by atoms with Crippen LogP contribution in [-0.4, -0.2) is 62.0 Å². The van der Waals surface area contributed by atoms with Crippen LogP contribution in [0.1, 0.15) is 40.5 Å². The van der Waals surface area contributed by atoms with Crippen LogP contribution < -0.4 is 5.32 Å². The molecule has 0 radical (unpaired) electrons. The molecule has 0 aliphatic rings. The van der Waals surface area contributed by atoms with E-state index in [0.29, 0.717) is 6.04 Å². The molecule has 0 spiro atoms. The molecule has 0 saturated heterocycles. The van der Waals surface area contributed by atoms with E-state index in [2.05, 4.69) is 43.0 Å². The summed E-state index contributed by atoms with van der Waals surface area (Å²) in [4.78, 5) is 13.3. The van der Waals surface area contributed by atoms with Crippen molar-refractivity contribution in [2.45, 2.75) is 52.6 Å². The Morgan fingerprint density at radius 1 is 1.00 bits per heavy atom. The minimum Gasteiger partial charge on any atom is -0.352 e. The highest BCUT2D eigenvalue weighted by Gasteiger charge is 2.10. The molecule has 0 aromatic carbocycles. The molecule has 0 bridgehead atoms. The van der Waals surface area contributed by atoms with Crippen LogP contribution in [0.4, 0.5) is 0 Å². The molecule has 5 nitrogen and oxygen atoms in total. The maximum absolute atomic E-state index is 4.66. The lowest BCUT2D eigenvalue weighted by Gasteiger charge is -2.24. The smallest absolute Gasteiger partial charge is 0.221 e. The molecule has 0 amide bonds. The maximum atomic E-state index is 4.66. The van der Waals surface area contributed by atoms with Gasteiger partial charge in [0.1, 0.15) is 0 Å². The fraction of sp³-hybridized carbons (Fsp3) is 0.857. The highest BCUT2D eigenvalue weighted by atomic mass is 15.4. The van der Waals surface area contributed by atoms with Gasteiger partial charge in [0.25, 0.3) is 0 Å². The second kappa shape index (κ2) is 8.77. The second-order valence-electron chi connectivity index (χ2n) is 5.36. The fourth-order valence-electron chi connectivity index (χ4n) is 1.42. The summed E-state index contributed by atoms with van der Waals surface area (Å²) in [7, 11) is 7.96. The van der Waals surface area contributed by atoms with Crippen molar-refractivity contribution in [3.8, 4) is 0 Å². The molecule has 5 heteroatoms. The zero-order valence-corrected chi connectivity index (χ0v) is 13.9. The molecule has 0 aliphatic heterocycles. The molecule has 0 heterocycles. The molecule has 0 rings (SSSR count). The van der Waals surface area contributed by atoms with Crippen molar-refractivity contribution in [1.29, 1.82) is 0 Å². The molecule has 1 N–H and O–H groups in total. The van der Waals surface area contributed by atoms with Crippen molar-refractivity contribution >= 4 is 11.9 Å². The standard InChI is InChI=1S/C14H31N5/c1-9-11(3)15-13(16-12(4)10-2)17-14(18(5)6)19(7)8/h11-12H,9-10H2,1-8H3,(H,15,16). The van der Waals surface area contributed by atoms with E-state index >= 15 is 0 Å². The first kappa shape index (κ1) is 17.7. The SMILES string of the molecule is CCC(C)/N=C(\N=C(N(C)C)N(C)C)NC(C)CC. The van der Waals surface area contributed by atoms with Crippen molar-refractivity contribution in [2.75, 3.05) is 28.2 Å². The molecular weight excluding hydrogens is 238 g/mol. The Bertz CT molecular complexity index is 297. The van der Waals surface area contributed by atoms with E-state index in [4.69, 9.17) is 0 Å². The lowest BCUT2D eigenvalue weighted by molar-refractivity contribution is 0.484. The van der Waals surface area contributed by atoms with Crippen LogP contribution >= 0.6 is 0 Å². The van der Waals surface area contributed by atoms with Crippen LogP contribution in [0.2, 0.25) is 0 Å². The van der Waals surface area contributed by atoms with Gasteiger partial charge in [-0.15, -0.1) is 0 Å². The normalized spacial score (nSPS) is 14.6. The van der Waals surface area contributed by atoms with E-state index in [0.717, 1.165) is 24.8 Å².